The number of carboxylic acids is 1. The number of aromatic carboxylic acids is 1. The van der Waals surface area contributed by atoms with Crippen LogP contribution in [0.2, 0.25) is 0 Å². The van der Waals surface area contributed by atoms with Gasteiger partial charge >= 0.3 is 5.97 Å². The summed E-state index contributed by atoms with van der Waals surface area (Å²) in [4.78, 5) is 22.4. The average molecular weight is 380 g/mol. The molecule has 0 spiro atoms. The fraction of sp³-hybridized carbons (Fsp3) is 0.250. The highest BCUT2D eigenvalue weighted by atomic mass is 32.2. The number of amides is 1. The Kier molecular flexibility index (Phi) is 4.53. The van der Waals surface area contributed by atoms with Crippen molar-refractivity contribution in [1.82, 2.24) is 5.32 Å². The summed E-state index contributed by atoms with van der Waals surface area (Å²) >= 11 is 0.717. The molecule has 0 saturated carbocycles. The van der Waals surface area contributed by atoms with Crippen LogP contribution in [0.4, 0.5) is 5.69 Å². The summed E-state index contributed by atoms with van der Waals surface area (Å²) < 4.78 is 27.4. The van der Waals surface area contributed by atoms with E-state index in [0.717, 1.165) is 5.56 Å². The van der Waals surface area contributed by atoms with Crippen molar-refractivity contribution in [2.75, 3.05) is 4.72 Å². The Morgan fingerprint density at radius 3 is 2.72 bits per heavy atom. The van der Waals surface area contributed by atoms with Gasteiger partial charge in [-0.15, -0.1) is 11.3 Å². The van der Waals surface area contributed by atoms with Crippen molar-refractivity contribution in [3.8, 4) is 0 Å². The van der Waals surface area contributed by atoms with Gasteiger partial charge in [-0.1, -0.05) is 12.1 Å². The monoisotopic (exact) mass is 380 g/mol. The van der Waals surface area contributed by atoms with Crippen LogP contribution >= 0.6 is 11.3 Å². The predicted molar refractivity (Wildman–Crippen MR) is 93.4 cm³/mol. The normalized spacial score (nSPS) is 17.3. The highest BCUT2D eigenvalue weighted by molar-refractivity contribution is 7.94. The number of hydrogen-bond acceptors (Lipinski definition) is 5. The van der Waals surface area contributed by atoms with Gasteiger partial charge in [0.25, 0.3) is 10.0 Å². The molecular formula is C16H16N2O5S2. The molecule has 1 atom stereocenters. The van der Waals surface area contributed by atoms with Crippen molar-refractivity contribution < 1.29 is 23.1 Å². The van der Waals surface area contributed by atoms with E-state index < -0.39 is 16.0 Å². The van der Waals surface area contributed by atoms with E-state index in [1.807, 2.05) is 6.07 Å². The molecule has 1 saturated heterocycles. The van der Waals surface area contributed by atoms with Crippen LogP contribution in [-0.2, 0) is 14.8 Å². The molecule has 0 aliphatic carbocycles. The van der Waals surface area contributed by atoms with Gasteiger partial charge in [0.05, 0.1) is 6.04 Å². The van der Waals surface area contributed by atoms with Gasteiger partial charge in [-0.2, -0.15) is 0 Å². The van der Waals surface area contributed by atoms with Gasteiger partial charge in [0.2, 0.25) is 5.91 Å². The number of sulfonamides is 1. The third kappa shape index (κ3) is 3.67. The maximum atomic E-state index is 12.5. The Morgan fingerprint density at radius 2 is 2.12 bits per heavy atom. The van der Waals surface area contributed by atoms with E-state index >= 15 is 0 Å². The minimum Gasteiger partial charge on any atom is -0.477 e. The zero-order valence-electron chi connectivity index (χ0n) is 13.3. The molecule has 1 aliphatic rings. The largest absolute Gasteiger partial charge is 0.477 e. The summed E-state index contributed by atoms with van der Waals surface area (Å²) in [6, 6.07) is 8.03. The second kappa shape index (κ2) is 6.49. The number of aryl methyl sites for hydroxylation is 1. The summed E-state index contributed by atoms with van der Waals surface area (Å²) in [5, 5.41) is 11.9. The number of carboxylic acid groups (broad SMARTS) is 1. The summed E-state index contributed by atoms with van der Waals surface area (Å²) in [6.07, 6.45) is 1.12. The molecule has 1 aromatic carbocycles. The number of benzene rings is 1. The van der Waals surface area contributed by atoms with Crippen LogP contribution in [0.5, 0.6) is 0 Å². The minimum atomic E-state index is -3.88. The van der Waals surface area contributed by atoms with E-state index in [9.17, 15) is 18.0 Å². The Labute approximate surface area is 148 Å². The van der Waals surface area contributed by atoms with Crippen molar-refractivity contribution in [1.29, 1.82) is 0 Å². The predicted octanol–water partition coefficient (Wildman–Crippen LogP) is 2.51. The summed E-state index contributed by atoms with van der Waals surface area (Å²) in [5.74, 6) is -1.17. The quantitative estimate of drug-likeness (QED) is 0.738. The molecule has 0 bridgehead atoms. The fourth-order valence-electron chi connectivity index (χ4n) is 2.69. The molecule has 3 N–H and O–H groups in total. The number of hydrogen-bond donors (Lipinski definition) is 3. The Morgan fingerprint density at radius 1 is 1.36 bits per heavy atom. The second-order valence-electron chi connectivity index (χ2n) is 5.77. The van der Waals surface area contributed by atoms with Crippen molar-refractivity contribution in [3.63, 3.8) is 0 Å². The van der Waals surface area contributed by atoms with Crippen molar-refractivity contribution in [2.45, 2.75) is 30.0 Å². The maximum absolute atomic E-state index is 12.5. The molecule has 1 unspecified atom stereocenters. The standard InChI is InChI=1S/C16H16N2O5S2/c1-9-7-14(24-15(9)16(20)21)25(22,23)18-11-4-2-3-10(8-11)12-5-6-13(19)17-12/h2-4,7-8,12,18H,5-6H2,1H3,(H,17,19)(H,20,21). The number of anilines is 1. The van der Waals surface area contributed by atoms with Crippen molar-refractivity contribution in [3.05, 3.63) is 46.3 Å². The molecular weight excluding hydrogens is 364 g/mol. The number of rotatable bonds is 5. The van der Waals surface area contributed by atoms with Gasteiger partial charge in [-0.25, -0.2) is 13.2 Å². The van der Waals surface area contributed by atoms with E-state index in [1.165, 1.54) is 6.07 Å². The van der Waals surface area contributed by atoms with Crippen LogP contribution in [-0.4, -0.2) is 25.4 Å². The second-order valence-corrected chi connectivity index (χ2v) is 8.73. The highest BCUT2D eigenvalue weighted by Crippen LogP contribution is 2.29. The third-order valence-corrected chi connectivity index (χ3v) is 6.97. The molecule has 1 aromatic heterocycles. The SMILES string of the molecule is Cc1cc(S(=O)(=O)Nc2cccc(C3CCC(=O)N3)c2)sc1C(=O)O. The van der Waals surface area contributed by atoms with Crippen LogP contribution in [0.1, 0.15) is 39.7 Å². The molecule has 132 valence electrons. The van der Waals surface area contributed by atoms with Crippen LogP contribution in [0.15, 0.2) is 34.5 Å². The Balaban J connectivity index is 1.85. The van der Waals surface area contributed by atoms with Gasteiger partial charge in [0.15, 0.2) is 0 Å². The van der Waals surface area contributed by atoms with Gasteiger partial charge in [-0.05, 0) is 42.7 Å². The first-order chi connectivity index (χ1) is 11.8. The number of carbonyl (C=O) groups is 2. The van der Waals surface area contributed by atoms with Gasteiger partial charge in [0.1, 0.15) is 9.09 Å². The van der Waals surface area contributed by atoms with Crippen LogP contribution in [0.25, 0.3) is 0 Å². The first kappa shape index (κ1) is 17.4. The van der Waals surface area contributed by atoms with Crippen molar-refractivity contribution in [2.24, 2.45) is 0 Å². The minimum absolute atomic E-state index is 0.00259. The average Bonchev–Trinajstić information content (AvgIpc) is 3.13. The maximum Gasteiger partial charge on any atom is 0.346 e. The zero-order chi connectivity index (χ0) is 18.2. The number of carbonyl (C=O) groups excluding carboxylic acids is 1. The molecule has 1 fully saturated rings. The molecule has 2 aromatic rings. The van der Waals surface area contributed by atoms with Gasteiger partial charge in [0, 0.05) is 12.1 Å². The molecule has 1 aliphatic heterocycles. The number of nitrogens with one attached hydrogen (secondary N) is 2. The lowest BCUT2D eigenvalue weighted by Gasteiger charge is -2.13. The smallest absolute Gasteiger partial charge is 0.346 e. The molecule has 0 radical (unpaired) electrons. The van der Waals surface area contributed by atoms with E-state index in [0.29, 0.717) is 35.4 Å². The molecule has 7 nitrogen and oxygen atoms in total. The van der Waals surface area contributed by atoms with Crippen molar-refractivity contribution >= 4 is 38.9 Å². The fourth-order valence-corrected chi connectivity index (χ4v) is 5.11. The first-order valence-corrected chi connectivity index (χ1v) is 9.82. The lowest BCUT2D eigenvalue weighted by atomic mass is 10.1. The van der Waals surface area contributed by atoms with E-state index in [-0.39, 0.29) is 21.0 Å². The van der Waals surface area contributed by atoms with Crippen LogP contribution in [0, 0.1) is 6.92 Å². The first-order valence-electron chi connectivity index (χ1n) is 7.52. The Bertz CT molecular complexity index is 949. The summed E-state index contributed by atoms with van der Waals surface area (Å²) in [6.45, 7) is 1.56. The summed E-state index contributed by atoms with van der Waals surface area (Å²) in [5.41, 5.74) is 1.58. The molecule has 9 heteroatoms. The van der Waals surface area contributed by atoms with Crippen LogP contribution in [0.3, 0.4) is 0 Å². The molecule has 25 heavy (non-hydrogen) atoms. The van der Waals surface area contributed by atoms with Gasteiger partial charge < -0.3 is 10.4 Å². The van der Waals surface area contributed by atoms with E-state index in [4.69, 9.17) is 5.11 Å². The van der Waals surface area contributed by atoms with E-state index in [1.54, 1.807) is 25.1 Å². The number of thiophene rings is 1. The summed E-state index contributed by atoms with van der Waals surface area (Å²) in [7, 11) is -3.88. The zero-order valence-corrected chi connectivity index (χ0v) is 14.9. The van der Waals surface area contributed by atoms with Gasteiger partial charge in [-0.3, -0.25) is 9.52 Å². The molecule has 1 amide bonds. The Hall–Kier alpha value is -2.39. The lowest BCUT2D eigenvalue weighted by Crippen LogP contribution is -2.18. The topological polar surface area (TPSA) is 113 Å². The van der Waals surface area contributed by atoms with E-state index in [2.05, 4.69) is 10.0 Å². The van der Waals surface area contributed by atoms with Crippen LogP contribution < -0.4 is 10.0 Å². The lowest BCUT2D eigenvalue weighted by molar-refractivity contribution is -0.119. The highest BCUT2D eigenvalue weighted by Gasteiger charge is 2.24. The third-order valence-electron chi connectivity index (χ3n) is 3.89. The molecule has 3 rings (SSSR count). The molecule has 2 heterocycles.